The van der Waals surface area contributed by atoms with Crippen molar-refractivity contribution in [1.82, 2.24) is 0 Å². The molecule has 72 valence electrons. The second-order valence-corrected chi connectivity index (χ2v) is 12.0. The zero-order chi connectivity index (χ0) is 10.0. The highest BCUT2D eigenvalue weighted by Gasteiger charge is 2.19. The predicted octanol–water partition coefficient (Wildman–Crippen LogP) is 4.06. The van der Waals surface area contributed by atoms with Crippen LogP contribution in [-0.2, 0) is 0 Å². The molecule has 6 heteroatoms. The van der Waals surface area contributed by atoms with Crippen LogP contribution in [0.5, 0.6) is 0 Å². The van der Waals surface area contributed by atoms with E-state index in [4.69, 9.17) is 0 Å². The second-order valence-electron chi connectivity index (χ2n) is 2.27. The van der Waals surface area contributed by atoms with Crippen LogP contribution >= 0.6 is 90.4 Å². The molecule has 0 N–H and O–H groups in total. The molecule has 1 rings (SSSR count). The Hall–Kier alpha value is 1.87. The normalized spacial score (nSPS) is 11.2. The van der Waals surface area contributed by atoms with Crippen molar-refractivity contribution in [3.8, 4) is 0 Å². The fourth-order valence-corrected chi connectivity index (χ4v) is 2.69. The molecule has 1 aromatic heterocycles. The van der Waals surface area contributed by atoms with Gasteiger partial charge >= 0.3 is 0 Å². The lowest BCUT2D eigenvalue weighted by atomic mass is 10.3. The molecule has 1 aromatic rings. The third-order valence-corrected chi connectivity index (χ3v) is 4.00. The van der Waals surface area contributed by atoms with E-state index in [0.29, 0.717) is 0 Å². The number of hydrogen-bond donors (Lipinski definition) is 0. The minimum Gasteiger partial charge on any atom is -0.618 e. The van der Waals surface area contributed by atoms with Crippen LogP contribution < -0.4 is 4.73 Å². The van der Waals surface area contributed by atoms with Crippen LogP contribution in [0.25, 0.3) is 0 Å². The monoisotopic (exact) mass is 627 g/mol. The molecule has 0 unspecified atom stereocenters. The van der Waals surface area contributed by atoms with Crippen LogP contribution in [0.1, 0.15) is 15.3 Å². The Labute approximate surface area is 131 Å². The molecule has 0 aliphatic rings. The van der Waals surface area contributed by atoms with Gasteiger partial charge in [0.1, 0.15) is 3.86 Å². The van der Waals surface area contributed by atoms with Gasteiger partial charge in [0.15, 0.2) is 0 Å². The Balaban J connectivity index is 3.18. The smallest absolute Gasteiger partial charge is 0.215 e. The molecule has 0 radical (unpaired) electrons. The van der Waals surface area contributed by atoms with Crippen LogP contribution in [0.2, 0.25) is 0 Å². The van der Waals surface area contributed by atoms with Crippen molar-refractivity contribution in [2.24, 2.45) is 0 Å². The van der Waals surface area contributed by atoms with Crippen LogP contribution in [0.3, 0.4) is 0 Å². The fraction of sp³-hybridized carbons (Fsp3) is 0.286. The Bertz CT molecular complexity index is 276. The summed E-state index contributed by atoms with van der Waals surface area (Å²) in [6.45, 7) is 0. The summed E-state index contributed by atoms with van der Waals surface area (Å²) in [6.07, 6.45) is 0. The maximum atomic E-state index is 11.7. The number of hydrogen-bond acceptors (Lipinski definition) is 1. The van der Waals surface area contributed by atoms with Gasteiger partial charge in [0.25, 0.3) is 0 Å². The summed E-state index contributed by atoms with van der Waals surface area (Å²) in [5.74, 6) is 0. The van der Waals surface area contributed by atoms with Crippen molar-refractivity contribution in [2.75, 3.05) is 0 Å². The first-order valence-electron chi connectivity index (χ1n) is 3.32. The predicted molar refractivity (Wildman–Crippen MR) is 87.0 cm³/mol. The highest BCUT2D eigenvalue weighted by molar-refractivity contribution is 14.2. The van der Waals surface area contributed by atoms with Gasteiger partial charge in [-0.25, -0.2) is 0 Å². The van der Waals surface area contributed by atoms with Gasteiger partial charge < -0.3 is 5.21 Å². The zero-order valence-corrected chi connectivity index (χ0v) is 14.9. The fourth-order valence-electron chi connectivity index (χ4n) is 0.853. The summed E-state index contributed by atoms with van der Waals surface area (Å²) in [5, 5.41) is 11.7. The third kappa shape index (κ3) is 3.43. The first-order chi connectivity index (χ1) is 6.04. The summed E-state index contributed by atoms with van der Waals surface area (Å²) in [4.78, 5) is 0. The minimum absolute atomic E-state index is 0.221. The zero-order valence-electron chi connectivity index (χ0n) is 6.25. The Kier molecular flexibility index (Phi) is 5.79. The lowest BCUT2D eigenvalue weighted by Gasteiger charge is -2.10. The average Bonchev–Trinajstić information content (AvgIpc) is 2.03. The van der Waals surface area contributed by atoms with Gasteiger partial charge in [0.2, 0.25) is 11.4 Å². The lowest BCUT2D eigenvalue weighted by Crippen LogP contribution is -2.36. The van der Waals surface area contributed by atoms with E-state index in [-0.39, 0.29) is 3.86 Å². The molecule has 0 amide bonds. The quantitative estimate of drug-likeness (QED) is 0.211. The number of aromatic nitrogens is 1. The SMILES string of the molecule is [O-][n+]1c(C(I)I)cccc1C(I)I. The molecular formula is C7H5I4NO. The van der Waals surface area contributed by atoms with Gasteiger partial charge in [-0.2, -0.15) is 4.73 Å². The van der Waals surface area contributed by atoms with Gasteiger partial charge in [-0.15, -0.1) is 0 Å². The van der Waals surface area contributed by atoms with Crippen molar-refractivity contribution >= 4 is 90.4 Å². The Morgan fingerprint density at radius 1 is 1.00 bits per heavy atom. The second kappa shape index (κ2) is 5.82. The number of halogens is 4. The minimum atomic E-state index is 0.221. The molecule has 0 saturated heterocycles. The van der Waals surface area contributed by atoms with Crippen molar-refractivity contribution in [2.45, 2.75) is 3.86 Å². The van der Waals surface area contributed by atoms with Crippen LogP contribution in [0.15, 0.2) is 18.2 Å². The molecule has 0 aliphatic heterocycles. The van der Waals surface area contributed by atoms with E-state index in [9.17, 15) is 5.21 Å². The molecule has 0 aromatic carbocycles. The summed E-state index contributed by atoms with van der Waals surface area (Å²) in [7, 11) is 0. The molecule has 0 saturated carbocycles. The molecule has 2 nitrogen and oxygen atoms in total. The van der Waals surface area contributed by atoms with Crippen LogP contribution in [-0.4, -0.2) is 0 Å². The van der Waals surface area contributed by atoms with Crippen molar-refractivity contribution in [3.63, 3.8) is 0 Å². The number of pyridine rings is 1. The Morgan fingerprint density at radius 2 is 1.38 bits per heavy atom. The maximum absolute atomic E-state index is 11.7. The van der Waals surface area contributed by atoms with Crippen LogP contribution in [0, 0.1) is 5.21 Å². The molecule has 13 heavy (non-hydrogen) atoms. The highest BCUT2D eigenvalue weighted by Crippen LogP contribution is 2.31. The van der Waals surface area contributed by atoms with E-state index < -0.39 is 0 Å². The number of alkyl halides is 4. The topological polar surface area (TPSA) is 26.9 Å². The first kappa shape index (κ1) is 12.9. The van der Waals surface area contributed by atoms with E-state index >= 15 is 0 Å². The molecule has 0 aliphatic carbocycles. The molecule has 0 fully saturated rings. The third-order valence-electron chi connectivity index (χ3n) is 1.45. The highest BCUT2D eigenvalue weighted by atomic mass is 127. The molecule has 0 atom stereocenters. The van der Waals surface area contributed by atoms with Crippen molar-refractivity contribution in [3.05, 3.63) is 34.8 Å². The van der Waals surface area contributed by atoms with Gasteiger partial charge in [-0.05, 0) is 6.07 Å². The number of rotatable bonds is 2. The van der Waals surface area contributed by atoms with Gasteiger partial charge in [0.05, 0.1) is 0 Å². The van der Waals surface area contributed by atoms with Crippen LogP contribution in [0.4, 0.5) is 0 Å². The lowest BCUT2D eigenvalue weighted by molar-refractivity contribution is -0.619. The molecule has 1 heterocycles. The average molecular weight is 627 g/mol. The van der Waals surface area contributed by atoms with E-state index in [1.807, 2.05) is 18.2 Å². The number of nitrogens with zero attached hydrogens (tertiary/aromatic N) is 1. The summed E-state index contributed by atoms with van der Waals surface area (Å²) in [5.41, 5.74) is 1.63. The molecule has 0 spiro atoms. The molecular weight excluding hydrogens is 622 g/mol. The maximum Gasteiger partial charge on any atom is 0.215 e. The van der Waals surface area contributed by atoms with Gasteiger partial charge in [-0.1, -0.05) is 90.4 Å². The van der Waals surface area contributed by atoms with Crippen molar-refractivity contribution < 1.29 is 4.73 Å². The standard InChI is InChI=1S/C7H5I4NO/c8-6(9)4-2-1-3-5(7(10)11)12(4)13/h1-3,6-7H. The van der Waals surface area contributed by atoms with Gasteiger partial charge in [-0.3, -0.25) is 0 Å². The van der Waals surface area contributed by atoms with E-state index in [0.717, 1.165) is 16.1 Å². The largest absolute Gasteiger partial charge is 0.618 e. The summed E-state index contributed by atoms with van der Waals surface area (Å²) in [6, 6.07) is 5.68. The van der Waals surface area contributed by atoms with E-state index in [1.54, 1.807) is 0 Å². The first-order valence-corrected chi connectivity index (χ1v) is 8.31. The summed E-state index contributed by atoms with van der Waals surface area (Å²) < 4.78 is 1.48. The van der Waals surface area contributed by atoms with Gasteiger partial charge in [0, 0.05) is 12.1 Å². The van der Waals surface area contributed by atoms with E-state index in [1.165, 1.54) is 0 Å². The summed E-state index contributed by atoms with van der Waals surface area (Å²) >= 11 is 8.94. The van der Waals surface area contributed by atoms with Crippen molar-refractivity contribution in [1.29, 1.82) is 0 Å². The molecule has 0 bridgehead atoms. The van der Waals surface area contributed by atoms with E-state index in [2.05, 4.69) is 90.4 Å². The Morgan fingerprint density at radius 3 is 1.69 bits per heavy atom.